The average molecular weight is 1200 g/mol. The van der Waals surface area contributed by atoms with Gasteiger partial charge < -0.3 is 4.57 Å². The molecule has 8 nitrogen and oxygen atoms in total. The first kappa shape index (κ1) is 65.4. The van der Waals surface area contributed by atoms with Crippen molar-refractivity contribution in [3.8, 4) is 73.8 Å². The van der Waals surface area contributed by atoms with Gasteiger partial charge in [0.25, 0.3) is 0 Å². The lowest BCUT2D eigenvalue weighted by Gasteiger charge is -2.27. The van der Waals surface area contributed by atoms with Crippen LogP contribution in [0.4, 0.5) is 11.4 Å². The van der Waals surface area contributed by atoms with Gasteiger partial charge in [-0.15, -0.1) is 0 Å². The number of fused-ring (bicyclic) bond motifs is 3. The van der Waals surface area contributed by atoms with Gasteiger partial charge in [0.15, 0.2) is 34.7 Å². The summed E-state index contributed by atoms with van der Waals surface area (Å²) in [6.45, 7) is 70.8. The maximum absolute atomic E-state index is 8.13. The molecule has 0 amide bonds. The summed E-state index contributed by atoms with van der Waals surface area (Å²) in [5.41, 5.74) is 18.9. The Bertz CT molecular complexity index is 4220. The molecule has 3 aromatic heterocycles. The molecule has 466 valence electrons. The Hall–Kier alpha value is -8.59. The molecule has 10 rings (SSSR count). The monoisotopic (exact) mass is 1200 g/mol. The number of aromatic nitrogens is 6. The smallest absolute Gasteiger partial charge is 0.188 e. The second-order valence-electron chi connectivity index (χ2n) is 33.7. The summed E-state index contributed by atoms with van der Waals surface area (Å²) in [5, 5.41) is 1.73. The van der Waals surface area contributed by atoms with Crippen LogP contribution in [0.15, 0.2) is 133 Å². The van der Waals surface area contributed by atoms with Crippen LogP contribution in [-0.2, 0) is 43.3 Å². The molecule has 91 heavy (non-hydrogen) atoms. The number of benzene rings is 7. The molecule has 0 aliphatic carbocycles. The highest BCUT2D eigenvalue weighted by molar-refractivity contribution is 6.12. The Balaban J connectivity index is 1.38. The lowest BCUT2D eigenvalue weighted by atomic mass is 9.79. The molecule has 10 aromatic rings. The van der Waals surface area contributed by atoms with E-state index in [0.717, 1.165) is 72.3 Å². The molecular formula is C83H94N8. The quantitative estimate of drug-likeness (QED) is 0.149. The van der Waals surface area contributed by atoms with Crippen LogP contribution < -0.4 is 0 Å². The Morgan fingerprint density at radius 2 is 0.560 bits per heavy atom. The summed E-state index contributed by atoms with van der Waals surface area (Å²) >= 11 is 0. The summed E-state index contributed by atoms with van der Waals surface area (Å²) < 4.78 is 2.24. The van der Waals surface area contributed by atoms with Crippen molar-refractivity contribution in [2.45, 2.75) is 209 Å². The predicted molar refractivity (Wildman–Crippen MR) is 384 cm³/mol. The zero-order valence-corrected chi connectivity index (χ0v) is 58.8. The molecule has 0 atom stereocenters. The number of hydrogen-bond acceptors (Lipinski definition) is 5. The van der Waals surface area contributed by atoms with Crippen LogP contribution in [0.3, 0.4) is 0 Å². The van der Waals surface area contributed by atoms with Crippen LogP contribution in [-0.4, -0.2) is 29.5 Å². The van der Waals surface area contributed by atoms with Gasteiger partial charge in [-0.05, 0) is 196 Å². The third-order valence-electron chi connectivity index (χ3n) is 17.9. The first-order valence-electron chi connectivity index (χ1n) is 32.3. The zero-order chi connectivity index (χ0) is 66.7. The van der Waals surface area contributed by atoms with E-state index in [2.05, 4.69) is 277 Å². The molecule has 0 radical (unpaired) electrons. The topological polar surface area (TPSA) is 78.1 Å². The Labute approximate surface area is 543 Å². The first-order valence-corrected chi connectivity index (χ1v) is 32.3. The highest BCUT2D eigenvalue weighted by Crippen LogP contribution is 2.44. The fraction of sp³-hybridized carbons (Fsp3) is 0.386. The van der Waals surface area contributed by atoms with Gasteiger partial charge >= 0.3 is 0 Å². The lowest BCUT2D eigenvalue weighted by molar-refractivity contribution is 0.568. The Morgan fingerprint density at radius 1 is 0.275 bits per heavy atom. The maximum Gasteiger partial charge on any atom is 0.188 e. The summed E-state index contributed by atoms with van der Waals surface area (Å²) in [5.74, 6) is 2.13. The van der Waals surface area contributed by atoms with Crippen LogP contribution in [0.2, 0.25) is 0 Å². The molecule has 0 spiro atoms. The van der Waals surface area contributed by atoms with Crippen LogP contribution in [0.1, 0.15) is 211 Å². The molecule has 0 aliphatic heterocycles. The van der Waals surface area contributed by atoms with E-state index in [1.54, 1.807) is 0 Å². The predicted octanol–water partition coefficient (Wildman–Crippen LogP) is 23.2. The van der Waals surface area contributed by atoms with E-state index in [1.165, 1.54) is 44.5 Å². The molecular weight excluding hydrogens is 1110 g/mol. The average Bonchev–Trinajstić information content (AvgIpc) is 1.64. The van der Waals surface area contributed by atoms with E-state index >= 15 is 0 Å². The van der Waals surface area contributed by atoms with Gasteiger partial charge in [-0.1, -0.05) is 203 Å². The van der Waals surface area contributed by atoms with Crippen molar-refractivity contribution in [2.75, 3.05) is 0 Å². The molecule has 0 saturated carbocycles. The SMILES string of the molecule is [C-]#[N+]c1ccc2c(c1)c1cc([N+]#[C-])ccc1n2-c1ccc(-c2nc(-c3cc(C(C)(C)C)cc(C(C)(C)C)c3)cc(-c3cc(C(C)(C)C)cc(C(C)(C)C)c3)n2)cc1-c1nc(-c2cc(C(C)(C)C)cc(C(C)(C)C)c2)nc(-c2cc(C(C)(C)C)cc(C(C)(C)C)c2)n1. The summed E-state index contributed by atoms with van der Waals surface area (Å²) in [4.78, 5) is 36.2. The molecule has 0 N–H and O–H groups in total. The minimum atomic E-state index is -0.187. The largest absolute Gasteiger partial charge is 0.309 e. The summed E-state index contributed by atoms with van der Waals surface area (Å²) in [6.07, 6.45) is 0. The maximum atomic E-state index is 8.13. The third kappa shape index (κ3) is 13.6. The normalized spacial score (nSPS) is 13.0. The number of nitrogens with zero attached hydrogens (tertiary/aromatic N) is 8. The third-order valence-corrected chi connectivity index (χ3v) is 17.9. The molecule has 0 unspecified atom stereocenters. The van der Waals surface area contributed by atoms with E-state index in [-0.39, 0.29) is 43.3 Å². The minimum absolute atomic E-state index is 0.142. The van der Waals surface area contributed by atoms with Gasteiger partial charge in [0.05, 0.1) is 41.3 Å². The zero-order valence-electron chi connectivity index (χ0n) is 58.8. The molecule has 0 fully saturated rings. The van der Waals surface area contributed by atoms with E-state index in [4.69, 9.17) is 38.1 Å². The molecule has 0 bridgehead atoms. The van der Waals surface area contributed by atoms with Crippen LogP contribution in [0.5, 0.6) is 0 Å². The van der Waals surface area contributed by atoms with Crippen molar-refractivity contribution < 1.29 is 0 Å². The van der Waals surface area contributed by atoms with Gasteiger partial charge in [0, 0.05) is 33.4 Å². The Morgan fingerprint density at radius 3 is 0.857 bits per heavy atom. The Kier molecular flexibility index (Phi) is 16.3. The second kappa shape index (κ2) is 22.7. The van der Waals surface area contributed by atoms with Gasteiger partial charge in [-0.25, -0.2) is 34.6 Å². The van der Waals surface area contributed by atoms with Crippen molar-refractivity contribution in [3.63, 3.8) is 0 Å². The van der Waals surface area contributed by atoms with Crippen molar-refractivity contribution in [1.29, 1.82) is 0 Å². The van der Waals surface area contributed by atoms with E-state index in [9.17, 15) is 0 Å². The van der Waals surface area contributed by atoms with Crippen LogP contribution in [0.25, 0.3) is 105 Å². The van der Waals surface area contributed by atoms with Crippen molar-refractivity contribution in [3.05, 3.63) is 201 Å². The van der Waals surface area contributed by atoms with Gasteiger partial charge in [-0.3, -0.25) is 0 Å². The van der Waals surface area contributed by atoms with Crippen LogP contribution in [0, 0.1) is 13.1 Å². The highest BCUT2D eigenvalue weighted by atomic mass is 15.1. The first-order chi connectivity index (χ1) is 42.0. The van der Waals surface area contributed by atoms with Gasteiger partial charge in [0.1, 0.15) is 0 Å². The second-order valence-corrected chi connectivity index (χ2v) is 33.7. The van der Waals surface area contributed by atoms with Crippen molar-refractivity contribution in [1.82, 2.24) is 29.5 Å². The number of rotatable bonds is 7. The molecule has 0 saturated heterocycles. The van der Waals surface area contributed by atoms with Crippen molar-refractivity contribution in [2.24, 2.45) is 0 Å². The fourth-order valence-electron chi connectivity index (χ4n) is 11.6. The van der Waals surface area contributed by atoms with Gasteiger partial charge in [-0.2, -0.15) is 0 Å². The van der Waals surface area contributed by atoms with E-state index in [1.807, 2.05) is 36.4 Å². The summed E-state index contributed by atoms with van der Waals surface area (Å²) in [6, 6.07) is 48.1. The molecule has 3 heterocycles. The van der Waals surface area contributed by atoms with E-state index < -0.39 is 0 Å². The molecule has 8 heteroatoms. The summed E-state index contributed by atoms with van der Waals surface area (Å²) in [7, 11) is 0. The molecule has 7 aromatic carbocycles. The fourth-order valence-corrected chi connectivity index (χ4v) is 11.6. The lowest BCUT2D eigenvalue weighted by Crippen LogP contribution is -2.17. The highest BCUT2D eigenvalue weighted by Gasteiger charge is 2.30. The standard InChI is InChI=1S/C83H94N8/c1-76(2,3)54-33-50(34-55(42-54)77(4,5)6)67-48-68(51-35-56(78(7,8)9)43-57(36-51)79(10,11)12)87-72(86-67)49-27-30-71(91-69-31-28-62(84-25)46-64(69)65-47-63(85-26)29-32-70(65)91)66(41-49)75-89-73(52-37-58(80(13,14)15)44-59(38-52)81(16,17)18)88-74(90-75)53-39-60(82(19,20)21)45-61(40-53)83(22,23)24/h27-48H,1-24H3. The minimum Gasteiger partial charge on any atom is -0.309 e. The van der Waals surface area contributed by atoms with Crippen LogP contribution >= 0.6 is 0 Å². The van der Waals surface area contributed by atoms with Crippen molar-refractivity contribution >= 4 is 33.2 Å². The van der Waals surface area contributed by atoms with E-state index in [0.29, 0.717) is 34.7 Å². The molecule has 0 aliphatic rings. The number of hydrogen-bond donors (Lipinski definition) is 0. The van der Waals surface area contributed by atoms with Gasteiger partial charge in [0.2, 0.25) is 0 Å².